The van der Waals surface area contributed by atoms with Crippen molar-refractivity contribution in [1.82, 2.24) is 30.7 Å². The number of pyridine rings is 1. The van der Waals surface area contributed by atoms with Crippen LogP contribution in [0, 0.1) is 13.8 Å². The number of nitrogens with one attached hydrogen (secondary N) is 3. The first-order valence-electron chi connectivity index (χ1n) is 9.60. The number of aromatic amines is 1. The lowest BCUT2D eigenvalue weighted by Gasteiger charge is -2.12. The predicted molar refractivity (Wildman–Crippen MR) is 111 cm³/mol. The van der Waals surface area contributed by atoms with Gasteiger partial charge in [0.25, 0.3) is 0 Å². The third-order valence-corrected chi connectivity index (χ3v) is 4.52. The van der Waals surface area contributed by atoms with Gasteiger partial charge in [-0.15, -0.1) is 5.10 Å². The van der Waals surface area contributed by atoms with Gasteiger partial charge in [0.05, 0.1) is 29.2 Å². The number of carbonyl (C=O) groups is 1. The normalized spacial score (nSPS) is 11.9. The maximum absolute atomic E-state index is 13.2. The van der Waals surface area contributed by atoms with Crippen LogP contribution in [0.5, 0.6) is 5.88 Å². The molecule has 0 saturated carbocycles. The van der Waals surface area contributed by atoms with Crippen LogP contribution in [-0.2, 0) is 12.7 Å². The Bertz CT molecular complexity index is 1230. The summed E-state index contributed by atoms with van der Waals surface area (Å²) in [7, 11) is 0. The molecule has 3 heterocycles. The number of carbonyl (C=O) groups excluding carboxylic acids is 1. The third-order valence-electron chi connectivity index (χ3n) is 4.33. The fourth-order valence-electron chi connectivity index (χ4n) is 2.92. The summed E-state index contributed by atoms with van der Waals surface area (Å²) in [5, 5.41) is 17.9. The van der Waals surface area contributed by atoms with Crippen LogP contribution in [-0.4, -0.2) is 44.2 Å². The number of aromatic nitrogens is 5. The number of alkyl halides is 6. The van der Waals surface area contributed by atoms with E-state index in [-0.39, 0.29) is 40.0 Å². The summed E-state index contributed by atoms with van der Waals surface area (Å²) in [4.78, 5) is 15.8. The highest BCUT2D eigenvalue weighted by Gasteiger charge is 2.38. The van der Waals surface area contributed by atoms with Crippen molar-refractivity contribution in [3.8, 4) is 17.1 Å². The fourth-order valence-corrected chi connectivity index (χ4v) is 3.12. The van der Waals surface area contributed by atoms with Gasteiger partial charge in [0.2, 0.25) is 5.88 Å². The number of anilines is 1. The Kier molecular flexibility index (Phi) is 7.38. The molecule has 0 aromatic carbocycles. The number of amides is 2. The molecule has 3 N–H and O–H groups in total. The predicted octanol–water partition coefficient (Wildman–Crippen LogP) is 4.81. The zero-order valence-electron chi connectivity index (χ0n) is 17.9. The molecule has 2 amide bonds. The zero-order valence-corrected chi connectivity index (χ0v) is 18.7. The van der Waals surface area contributed by atoms with E-state index < -0.39 is 36.6 Å². The maximum Gasteiger partial charge on any atom is 0.435 e. The lowest BCUT2D eigenvalue weighted by molar-refractivity contribution is -0.154. The first kappa shape index (κ1) is 26.0. The molecule has 188 valence electrons. The average Bonchev–Trinajstić information content (AvgIpc) is 3.12. The number of halogens is 7. The minimum Gasteiger partial charge on any atom is -0.468 e. The number of aryl methyl sites for hydroxylation is 2. The van der Waals surface area contributed by atoms with E-state index in [4.69, 9.17) is 11.6 Å². The highest BCUT2D eigenvalue weighted by molar-refractivity contribution is 6.29. The van der Waals surface area contributed by atoms with Crippen LogP contribution in [0.3, 0.4) is 0 Å². The topological polar surface area (TPSA) is 118 Å². The highest BCUT2D eigenvalue weighted by Crippen LogP contribution is 2.37. The first-order chi connectivity index (χ1) is 16.2. The Morgan fingerprint density at radius 2 is 1.83 bits per heavy atom. The molecule has 0 bridgehead atoms. The molecule has 9 nitrogen and oxygen atoms in total. The Labute approximate surface area is 198 Å². The van der Waals surface area contributed by atoms with Crippen LogP contribution < -0.4 is 15.4 Å². The standard InChI is InChI=1S/C19H16ClF6N7O2/c1-8-3-11(31-32-15(8)14-9(2)30-33-16(14)19(24,25)26)6-27-17(34)28-10-4-12(20)29-13(5-10)35-7-18(21,22)23/h3-5H,6-7H2,1-2H3,(H,30,33)(H2,27,28,29,34). The summed E-state index contributed by atoms with van der Waals surface area (Å²) < 4.78 is 81.1. The van der Waals surface area contributed by atoms with E-state index >= 15 is 0 Å². The van der Waals surface area contributed by atoms with Crippen molar-refractivity contribution in [2.24, 2.45) is 0 Å². The number of H-pyrrole nitrogens is 1. The van der Waals surface area contributed by atoms with Gasteiger partial charge in [0.15, 0.2) is 12.3 Å². The molecular weight excluding hydrogens is 508 g/mol. The van der Waals surface area contributed by atoms with E-state index in [1.165, 1.54) is 26.0 Å². The second-order valence-corrected chi connectivity index (χ2v) is 7.55. The van der Waals surface area contributed by atoms with Crippen molar-refractivity contribution >= 4 is 23.3 Å². The van der Waals surface area contributed by atoms with E-state index in [0.29, 0.717) is 5.56 Å². The molecule has 0 spiro atoms. The van der Waals surface area contributed by atoms with Crippen molar-refractivity contribution < 1.29 is 35.9 Å². The average molecular weight is 524 g/mol. The molecule has 0 unspecified atom stereocenters. The van der Waals surface area contributed by atoms with Crippen molar-refractivity contribution in [1.29, 1.82) is 0 Å². The molecule has 0 saturated heterocycles. The Morgan fingerprint density at radius 3 is 2.46 bits per heavy atom. The van der Waals surface area contributed by atoms with Gasteiger partial charge in [-0.2, -0.15) is 36.5 Å². The van der Waals surface area contributed by atoms with E-state index in [1.807, 2.05) is 0 Å². The minimum atomic E-state index is -4.69. The lowest BCUT2D eigenvalue weighted by atomic mass is 10.0. The van der Waals surface area contributed by atoms with Crippen molar-refractivity contribution in [2.45, 2.75) is 32.7 Å². The van der Waals surface area contributed by atoms with Crippen LogP contribution in [0.15, 0.2) is 18.2 Å². The zero-order chi connectivity index (χ0) is 26.0. The van der Waals surface area contributed by atoms with Crippen molar-refractivity contribution in [3.63, 3.8) is 0 Å². The van der Waals surface area contributed by atoms with Gasteiger partial charge in [0, 0.05) is 11.8 Å². The van der Waals surface area contributed by atoms with E-state index in [2.05, 4.69) is 40.7 Å². The summed E-state index contributed by atoms with van der Waals surface area (Å²) in [6.07, 6.45) is -9.28. The minimum absolute atomic E-state index is 0.00685. The summed E-state index contributed by atoms with van der Waals surface area (Å²) >= 11 is 5.74. The smallest absolute Gasteiger partial charge is 0.435 e. The summed E-state index contributed by atoms with van der Waals surface area (Å²) in [5.74, 6) is -0.449. The Hall–Kier alpha value is -3.62. The van der Waals surface area contributed by atoms with Gasteiger partial charge in [-0.3, -0.25) is 5.10 Å². The number of urea groups is 1. The van der Waals surface area contributed by atoms with Crippen molar-refractivity contribution in [3.05, 3.63) is 46.0 Å². The lowest BCUT2D eigenvalue weighted by Crippen LogP contribution is -2.28. The molecule has 0 atom stereocenters. The van der Waals surface area contributed by atoms with Gasteiger partial charge in [0.1, 0.15) is 5.15 Å². The molecule has 0 radical (unpaired) electrons. The molecule has 35 heavy (non-hydrogen) atoms. The highest BCUT2D eigenvalue weighted by atomic mass is 35.5. The van der Waals surface area contributed by atoms with Gasteiger partial charge >= 0.3 is 18.4 Å². The molecule has 3 aromatic heterocycles. The maximum atomic E-state index is 13.2. The third kappa shape index (κ3) is 6.94. The summed E-state index contributed by atoms with van der Waals surface area (Å²) in [5.41, 5.74) is -0.598. The second kappa shape index (κ2) is 9.93. The van der Waals surface area contributed by atoms with Gasteiger partial charge in [-0.05, 0) is 31.5 Å². The summed E-state index contributed by atoms with van der Waals surface area (Å²) in [6.45, 7) is 1.19. The van der Waals surface area contributed by atoms with Crippen LogP contribution in [0.1, 0.15) is 22.6 Å². The van der Waals surface area contributed by atoms with E-state index in [0.717, 1.165) is 6.07 Å². The summed E-state index contributed by atoms with van der Waals surface area (Å²) in [6, 6.07) is 2.90. The number of hydrogen-bond donors (Lipinski definition) is 3. The Morgan fingerprint density at radius 1 is 1.11 bits per heavy atom. The van der Waals surface area contributed by atoms with Gasteiger partial charge in [-0.1, -0.05) is 11.6 Å². The van der Waals surface area contributed by atoms with Crippen LogP contribution in [0.4, 0.5) is 36.8 Å². The molecule has 0 fully saturated rings. The molecule has 16 heteroatoms. The molecule has 0 aliphatic heterocycles. The number of nitrogens with zero attached hydrogens (tertiary/aromatic N) is 4. The van der Waals surface area contributed by atoms with Crippen LogP contribution in [0.2, 0.25) is 5.15 Å². The van der Waals surface area contributed by atoms with E-state index in [1.54, 1.807) is 0 Å². The largest absolute Gasteiger partial charge is 0.468 e. The van der Waals surface area contributed by atoms with Gasteiger partial charge in [-0.25, -0.2) is 9.78 Å². The molecule has 0 aliphatic rings. The SMILES string of the molecule is Cc1cc(CNC(=O)Nc2cc(Cl)nc(OCC(F)(F)F)c2)nnc1-c1c(C(F)(F)F)n[nH]c1C. The molecular formula is C19H16ClF6N7O2. The molecule has 3 aromatic rings. The second-order valence-electron chi connectivity index (χ2n) is 7.17. The quantitative estimate of drug-likeness (QED) is 0.315. The monoisotopic (exact) mass is 523 g/mol. The van der Waals surface area contributed by atoms with Crippen molar-refractivity contribution in [2.75, 3.05) is 11.9 Å². The number of rotatable bonds is 6. The number of hydrogen-bond acceptors (Lipinski definition) is 6. The molecule has 3 rings (SSSR count). The number of ether oxygens (including phenoxy) is 1. The molecule has 0 aliphatic carbocycles. The van der Waals surface area contributed by atoms with Crippen LogP contribution in [0.25, 0.3) is 11.3 Å². The van der Waals surface area contributed by atoms with Gasteiger partial charge < -0.3 is 15.4 Å². The Balaban J connectivity index is 1.66. The fraction of sp³-hybridized carbons (Fsp3) is 0.316. The van der Waals surface area contributed by atoms with Crippen LogP contribution >= 0.6 is 11.6 Å². The van der Waals surface area contributed by atoms with E-state index in [9.17, 15) is 31.1 Å². The first-order valence-corrected chi connectivity index (χ1v) is 9.98.